The number of hydrogen-bond acceptors (Lipinski definition) is 6. The van der Waals surface area contributed by atoms with E-state index in [2.05, 4.69) is 30.5 Å². The molecule has 3 aromatic heterocycles. The van der Waals surface area contributed by atoms with Crippen LogP contribution in [0.25, 0.3) is 22.3 Å². The molecule has 0 aliphatic heterocycles. The van der Waals surface area contributed by atoms with Gasteiger partial charge in [-0.1, -0.05) is 11.3 Å². The number of amides is 1. The summed E-state index contributed by atoms with van der Waals surface area (Å²) < 4.78 is 14.2. The first-order valence-corrected chi connectivity index (χ1v) is 9.00. The van der Waals surface area contributed by atoms with E-state index in [1.54, 1.807) is 12.4 Å². The van der Waals surface area contributed by atoms with E-state index >= 15 is 0 Å². The van der Waals surface area contributed by atoms with Gasteiger partial charge in [0, 0.05) is 16.8 Å². The molecule has 136 valence electrons. The minimum absolute atomic E-state index is 0.232. The van der Waals surface area contributed by atoms with Crippen LogP contribution in [0.5, 0.6) is 0 Å². The zero-order valence-electron chi connectivity index (χ0n) is 14.6. The van der Waals surface area contributed by atoms with Gasteiger partial charge in [-0.05, 0) is 43.7 Å². The maximum absolute atomic E-state index is 14.2. The van der Waals surface area contributed by atoms with Gasteiger partial charge in [0.15, 0.2) is 5.65 Å². The molecule has 0 saturated carbocycles. The normalized spacial score (nSPS) is 11.1. The summed E-state index contributed by atoms with van der Waals surface area (Å²) >= 11 is 1.40. The van der Waals surface area contributed by atoms with Crippen molar-refractivity contribution in [1.82, 2.24) is 30.5 Å². The Kier molecular flexibility index (Phi) is 4.36. The maximum Gasteiger partial charge on any atom is 0.251 e. The molecule has 0 aliphatic carbocycles. The van der Waals surface area contributed by atoms with Gasteiger partial charge in [-0.3, -0.25) is 4.79 Å². The summed E-state index contributed by atoms with van der Waals surface area (Å²) in [7, 11) is 0. The summed E-state index contributed by atoms with van der Waals surface area (Å²) in [5.74, 6) is -0.870. The summed E-state index contributed by atoms with van der Waals surface area (Å²) in [6, 6.07) is 6.10. The van der Waals surface area contributed by atoms with E-state index in [0.717, 1.165) is 16.1 Å². The van der Waals surface area contributed by atoms with Crippen LogP contribution in [0, 0.1) is 19.7 Å². The van der Waals surface area contributed by atoms with Crippen molar-refractivity contribution in [3.8, 4) is 11.1 Å². The molecule has 0 saturated heterocycles. The summed E-state index contributed by atoms with van der Waals surface area (Å²) in [6.45, 7) is 3.91. The monoisotopic (exact) mass is 382 g/mol. The molecular formula is C18H15FN6OS. The lowest BCUT2D eigenvalue weighted by Gasteiger charge is -2.09. The highest BCUT2D eigenvalue weighted by molar-refractivity contribution is 7.11. The number of aromatic nitrogens is 5. The topological polar surface area (TPSA) is 96.5 Å². The second-order valence-corrected chi connectivity index (χ2v) is 7.29. The van der Waals surface area contributed by atoms with Gasteiger partial charge >= 0.3 is 0 Å². The van der Waals surface area contributed by atoms with Crippen LogP contribution in [0.15, 0.2) is 30.6 Å². The van der Waals surface area contributed by atoms with Crippen LogP contribution in [-0.4, -0.2) is 31.1 Å². The third kappa shape index (κ3) is 3.54. The number of halogens is 1. The fourth-order valence-corrected chi connectivity index (χ4v) is 3.44. The number of nitrogens with one attached hydrogen (secondary N) is 2. The predicted molar refractivity (Wildman–Crippen MR) is 99.8 cm³/mol. The SMILES string of the molecule is Cc1nnc(CNC(=O)c2cc(F)cc(-c3cc4[nH]cnc4nc3C)c2)s1. The molecular weight excluding hydrogens is 367 g/mol. The standard InChI is InChI=1S/C18H15FN6OS/c1-9-14(6-15-17(23-9)22-8-21-15)11-3-12(5-13(19)4-11)18(26)20-7-16-25-24-10(2)27-16/h3-6,8H,7H2,1-2H3,(H,20,26)(H,21,22,23). The summed E-state index contributed by atoms with van der Waals surface area (Å²) in [5, 5.41) is 12.1. The largest absolute Gasteiger partial charge is 0.345 e. The van der Waals surface area contributed by atoms with Crippen molar-refractivity contribution in [1.29, 1.82) is 0 Å². The Hall–Kier alpha value is -3.20. The van der Waals surface area contributed by atoms with Crippen LogP contribution in [0.4, 0.5) is 4.39 Å². The van der Waals surface area contributed by atoms with E-state index in [4.69, 9.17) is 0 Å². The van der Waals surface area contributed by atoms with Crippen molar-refractivity contribution in [3.63, 3.8) is 0 Å². The molecule has 1 aromatic carbocycles. The number of hydrogen-bond donors (Lipinski definition) is 2. The highest BCUT2D eigenvalue weighted by Crippen LogP contribution is 2.27. The number of imidazole rings is 1. The molecule has 0 fully saturated rings. The number of fused-ring (bicyclic) bond motifs is 1. The number of rotatable bonds is 4. The molecule has 4 rings (SSSR count). The molecule has 27 heavy (non-hydrogen) atoms. The smallest absolute Gasteiger partial charge is 0.251 e. The van der Waals surface area contributed by atoms with Gasteiger partial charge < -0.3 is 10.3 Å². The van der Waals surface area contributed by atoms with Gasteiger partial charge in [0.05, 0.1) is 18.4 Å². The predicted octanol–water partition coefficient (Wildman–Crippen LogP) is 3.16. The molecule has 2 N–H and O–H groups in total. The lowest BCUT2D eigenvalue weighted by atomic mass is 10.0. The van der Waals surface area contributed by atoms with Crippen molar-refractivity contribution >= 4 is 28.4 Å². The highest BCUT2D eigenvalue weighted by Gasteiger charge is 2.14. The van der Waals surface area contributed by atoms with Crippen LogP contribution >= 0.6 is 11.3 Å². The van der Waals surface area contributed by atoms with Crippen molar-refractivity contribution in [2.24, 2.45) is 0 Å². The number of carbonyl (C=O) groups is 1. The fraction of sp³-hybridized carbons (Fsp3) is 0.167. The first-order chi connectivity index (χ1) is 13.0. The van der Waals surface area contributed by atoms with E-state index in [1.807, 2.05) is 19.9 Å². The fourth-order valence-electron chi connectivity index (χ4n) is 2.80. The Morgan fingerprint density at radius 3 is 2.85 bits per heavy atom. The summed E-state index contributed by atoms with van der Waals surface area (Å²) in [5.41, 5.74) is 3.59. The Balaban J connectivity index is 1.64. The molecule has 4 aromatic rings. The van der Waals surface area contributed by atoms with Gasteiger partial charge in [0.2, 0.25) is 0 Å². The molecule has 3 heterocycles. The first-order valence-electron chi connectivity index (χ1n) is 8.18. The average Bonchev–Trinajstić information content (AvgIpc) is 3.26. The Morgan fingerprint density at radius 1 is 1.22 bits per heavy atom. The van der Waals surface area contributed by atoms with Crippen molar-refractivity contribution in [2.45, 2.75) is 20.4 Å². The molecule has 0 bridgehead atoms. The second kappa shape index (κ2) is 6.84. The molecule has 0 radical (unpaired) electrons. The first kappa shape index (κ1) is 17.2. The average molecular weight is 382 g/mol. The van der Waals surface area contributed by atoms with Crippen molar-refractivity contribution in [2.75, 3.05) is 0 Å². The van der Waals surface area contributed by atoms with Crippen molar-refractivity contribution in [3.05, 3.63) is 57.7 Å². The summed E-state index contributed by atoms with van der Waals surface area (Å²) in [4.78, 5) is 24.0. The number of benzene rings is 1. The lowest BCUT2D eigenvalue weighted by Crippen LogP contribution is -2.23. The number of carbonyl (C=O) groups excluding carboxylic acids is 1. The van der Waals surface area contributed by atoms with Crippen LogP contribution < -0.4 is 5.32 Å². The number of H-pyrrole nitrogens is 1. The third-order valence-corrected chi connectivity index (χ3v) is 4.88. The van der Waals surface area contributed by atoms with E-state index in [9.17, 15) is 9.18 Å². The van der Waals surface area contributed by atoms with Gasteiger partial charge in [0.25, 0.3) is 5.91 Å². The quantitative estimate of drug-likeness (QED) is 0.565. The molecule has 7 nitrogen and oxygen atoms in total. The number of nitrogens with zero attached hydrogens (tertiary/aromatic N) is 4. The van der Waals surface area contributed by atoms with E-state index in [0.29, 0.717) is 21.9 Å². The molecule has 0 unspecified atom stereocenters. The molecule has 1 amide bonds. The summed E-state index contributed by atoms with van der Waals surface area (Å²) in [6.07, 6.45) is 1.56. The minimum Gasteiger partial charge on any atom is -0.345 e. The Morgan fingerprint density at radius 2 is 2.07 bits per heavy atom. The van der Waals surface area contributed by atoms with Gasteiger partial charge in [-0.15, -0.1) is 10.2 Å². The van der Waals surface area contributed by atoms with Gasteiger partial charge in [0.1, 0.15) is 15.8 Å². The lowest BCUT2D eigenvalue weighted by molar-refractivity contribution is 0.0950. The van der Waals surface area contributed by atoms with Crippen molar-refractivity contribution < 1.29 is 9.18 Å². The van der Waals surface area contributed by atoms with Gasteiger partial charge in [-0.2, -0.15) is 0 Å². The van der Waals surface area contributed by atoms with E-state index < -0.39 is 5.82 Å². The van der Waals surface area contributed by atoms with E-state index in [-0.39, 0.29) is 18.0 Å². The second-order valence-electron chi connectivity index (χ2n) is 6.02. The molecule has 0 atom stereocenters. The third-order valence-electron chi connectivity index (χ3n) is 4.04. The number of aromatic amines is 1. The zero-order valence-corrected chi connectivity index (χ0v) is 15.4. The van der Waals surface area contributed by atoms with Gasteiger partial charge in [-0.25, -0.2) is 14.4 Å². The Labute approximate surface area is 157 Å². The number of aryl methyl sites for hydroxylation is 2. The maximum atomic E-state index is 14.2. The van der Waals surface area contributed by atoms with Crippen LogP contribution in [0.1, 0.15) is 26.1 Å². The van der Waals surface area contributed by atoms with Crippen LogP contribution in [0.2, 0.25) is 0 Å². The molecule has 9 heteroatoms. The van der Waals surface area contributed by atoms with Crippen LogP contribution in [-0.2, 0) is 6.54 Å². The number of pyridine rings is 1. The van der Waals surface area contributed by atoms with E-state index in [1.165, 1.54) is 23.5 Å². The van der Waals surface area contributed by atoms with Crippen LogP contribution in [0.3, 0.4) is 0 Å². The minimum atomic E-state index is -0.492. The zero-order chi connectivity index (χ0) is 19.0. The molecule has 0 aliphatic rings. The highest BCUT2D eigenvalue weighted by atomic mass is 32.1. The molecule has 0 spiro atoms. The Bertz CT molecular complexity index is 1150.